The second-order valence-electron chi connectivity index (χ2n) is 19.4. The van der Waals surface area contributed by atoms with Crippen LogP contribution in [0.2, 0.25) is 0 Å². The number of carbonyl (C=O) groups excluding carboxylic acids is 2. The summed E-state index contributed by atoms with van der Waals surface area (Å²) in [6.07, 6.45) is 14.1. The van der Waals surface area contributed by atoms with Crippen LogP contribution in [0.15, 0.2) is 70.5 Å². The first-order valence-electron chi connectivity index (χ1n) is 23.8. The van der Waals surface area contributed by atoms with E-state index >= 15 is 0 Å². The molecule has 0 radical (unpaired) electrons. The van der Waals surface area contributed by atoms with E-state index in [1.54, 1.807) is 43.4 Å². The van der Waals surface area contributed by atoms with Gasteiger partial charge in [-0.1, -0.05) is 93.7 Å². The molecule has 3 saturated heterocycles. The second kappa shape index (κ2) is 24.8. The van der Waals surface area contributed by atoms with Crippen molar-refractivity contribution >= 4 is 43.4 Å². The molecule has 0 unspecified atom stereocenters. The number of rotatable bonds is 23. The lowest BCUT2D eigenvalue weighted by atomic mass is 9.91. The van der Waals surface area contributed by atoms with Crippen molar-refractivity contribution in [2.75, 3.05) is 19.4 Å². The maximum atomic E-state index is 13.0. The summed E-state index contributed by atoms with van der Waals surface area (Å²) in [4.78, 5) is 26.4. The summed E-state index contributed by atoms with van der Waals surface area (Å²) in [5.41, 5.74) is 0. The van der Waals surface area contributed by atoms with Gasteiger partial charge >= 0.3 is 13.6 Å². The van der Waals surface area contributed by atoms with Gasteiger partial charge in [-0.15, -0.1) is 0 Å². The van der Waals surface area contributed by atoms with Gasteiger partial charge in [-0.2, -0.15) is 0 Å². The molecule has 0 saturated carbocycles. The first kappa shape index (κ1) is 55.1. The van der Waals surface area contributed by atoms with Crippen LogP contribution < -0.4 is 0 Å². The molecule has 4 aliphatic heterocycles. The molecule has 3 fully saturated rings. The largest absolute Gasteiger partial charge is 0.461 e. The number of ether oxygens (including phenoxy) is 8. The summed E-state index contributed by atoms with van der Waals surface area (Å²) in [6.45, 7) is 23.6. The van der Waals surface area contributed by atoms with E-state index in [4.69, 9.17) is 46.9 Å². The zero-order chi connectivity index (χ0) is 48.3. The van der Waals surface area contributed by atoms with E-state index in [9.17, 15) is 14.2 Å². The first-order chi connectivity index (χ1) is 31.1. The number of hydrogen-bond donors (Lipinski definition) is 0. The number of carbonyl (C=O) groups is 2. The van der Waals surface area contributed by atoms with Crippen molar-refractivity contribution in [2.24, 2.45) is 17.8 Å². The summed E-state index contributed by atoms with van der Waals surface area (Å²) in [5.74, 6) is -3.20. The smallest absolute Gasteiger partial charge is 0.341 e. The topological polar surface area (TPSA) is 144 Å². The number of benzene rings is 1. The standard InChI is InChI=1S/C50H77O13PS2/c1-13-54-64(53,55-14-2)32-45(52)57-46(33(3)4)35(6)23-24-36-26-37(59-48(7,8)58-36)27-38-28-39(61-49(9,10)60-38)29-40-30-41(63-50(11,12)62-40)31-42(34(5)20-16-15-19-25-51)56-47-65-43-21-17-18-22-44(43)66-47/h15-25,33-42,46-47H,13-14,26-32H2,1-12H3/b19-15+,20-16+,24-23+/t34-,35-,36-,37-,38+,39-,40+,41+,42+,46-/m1/s1. The lowest BCUT2D eigenvalue weighted by Gasteiger charge is -2.47. The lowest BCUT2D eigenvalue weighted by molar-refractivity contribution is -0.333. The van der Waals surface area contributed by atoms with Gasteiger partial charge in [0.2, 0.25) is 0 Å². The molecule has 0 N–H and O–H groups in total. The van der Waals surface area contributed by atoms with Gasteiger partial charge in [-0.25, -0.2) is 0 Å². The van der Waals surface area contributed by atoms with Gasteiger partial charge in [0, 0.05) is 60.2 Å². The minimum absolute atomic E-state index is 0.00290. The Kier molecular flexibility index (Phi) is 20.7. The van der Waals surface area contributed by atoms with Crippen LogP contribution in [0.5, 0.6) is 0 Å². The summed E-state index contributed by atoms with van der Waals surface area (Å²) in [5, 5.41) is 0. The Morgan fingerprint density at radius 3 is 1.77 bits per heavy atom. The van der Waals surface area contributed by atoms with Gasteiger partial charge in [0.05, 0.1) is 55.9 Å². The van der Waals surface area contributed by atoms with Crippen LogP contribution in [0.1, 0.15) is 122 Å². The van der Waals surface area contributed by atoms with Crippen molar-refractivity contribution in [2.45, 2.75) is 202 Å². The average Bonchev–Trinajstić information content (AvgIpc) is 3.61. The summed E-state index contributed by atoms with van der Waals surface area (Å²) < 4.78 is 75.6. The number of allylic oxidation sites excluding steroid dienone is 3. The molecule has 1 aromatic carbocycles. The van der Waals surface area contributed by atoms with Crippen molar-refractivity contribution in [3.63, 3.8) is 0 Å². The van der Waals surface area contributed by atoms with Crippen molar-refractivity contribution < 1.29 is 61.1 Å². The van der Waals surface area contributed by atoms with Crippen molar-refractivity contribution in [1.29, 1.82) is 0 Å². The van der Waals surface area contributed by atoms with Gasteiger partial charge < -0.3 is 46.9 Å². The van der Waals surface area contributed by atoms with Gasteiger partial charge in [0.1, 0.15) is 18.6 Å². The highest BCUT2D eigenvalue weighted by molar-refractivity contribution is 8.19. The quantitative estimate of drug-likeness (QED) is 0.0256. The molecule has 16 heteroatoms. The monoisotopic (exact) mass is 980 g/mol. The fourth-order valence-electron chi connectivity index (χ4n) is 9.34. The predicted octanol–water partition coefficient (Wildman–Crippen LogP) is 11.4. The van der Waals surface area contributed by atoms with E-state index in [0.717, 1.165) is 6.29 Å². The van der Waals surface area contributed by atoms with E-state index in [2.05, 4.69) is 37.3 Å². The minimum atomic E-state index is -3.59. The average molecular weight is 981 g/mol. The number of hydrogen-bond acceptors (Lipinski definition) is 15. The molecule has 4 aliphatic rings. The minimum Gasteiger partial charge on any atom is -0.461 e. The molecule has 13 nitrogen and oxygen atoms in total. The molecule has 1 aromatic rings. The number of esters is 1. The van der Waals surface area contributed by atoms with E-state index in [1.807, 2.05) is 80.5 Å². The van der Waals surface area contributed by atoms with Gasteiger partial charge in [0.25, 0.3) is 0 Å². The summed E-state index contributed by atoms with van der Waals surface area (Å²) in [6, 6.07) is 8.39. The molecular formula is C50H77O13PS2. The number of fused-ring (bicyclic) bond motifs is 1. The summed E-state index contributed by atoms with van der Waals surface area (Å²) in [7, 11) is -3.59. The zero-order valence-corrected chi connectivity index (χ0v) is 43.7. The molecular weight excluding hydrogens is 904 g/mol. The number of aldehydes is 1. The van der Waals surface area contributed by atoms with Crippen LogP contribution in [0.3, 0.4) is 0 Å². The van der Waals surface area contributed by atoms with Crippen LogP contribution >= 0.6 is 31.1 Å². The molecule has 0 amide bonds. The third kappa shape index (κ3) is 17.5. The highest BCUT2D eigenvalue weighted by Gasteiger charge is 2.44. The molecule has 4 heterocycles. The fraction of sp³-hybridized carbons (Fsp3) is 0.720. The molecule has 10 atom stereocenters. The van der Waals surface area contributed by atoms with Gasteiger partial charge in [0.15, 0.2) is 22.1 Å². The maximum Gasteiger partial charge on any atom is 0.341 e. The predicted molar refractivity (Wildman–Crippen MR) is 258 cm³/mol. The molecule has 0 spiro atoms. The Balaban J connectivity index is 1.20. The van der Waals surface area contributed by atoms with Gasteiger partial charge in [-0.3, -0.25) is 14.2 Å². The van der Waals surface area contributed by atoms with E-state index < -0.39 is 43.2 Å². The van der Waals surface area contributed by atoms with Crippen LogP contribution in [0.25, 0.3) is 0 Å². The van der Waals surface area contributed by atoms with Crippen LogP contribution in [0.4, 0.5) is 0 Å². The third-order valence-corrected chi connectivity index (χ3v) is 16.2. The van der Waals surface area contributed by atoms with Crippen molar-refractivity contribution in [3.05, 3.63) is 60.7 Å². The Hall–Kier alpha value is -1.85. The van der Waals surface area contributed by atoms with E-state index in [-0.39, 0.29) is 78.5 Å². The second-order valence-corrected chi connectivity index (χ2v) is 24.0. The number of thioether (sulfide) groups is 2. The fourth-order valence-corrected chi connectivity index (χ4v) is 13.4. The molecule has 0 aromatic heterocycles. The van der Waals surface area contributed by atoms with Crippen molar-refractivity contribution in [1.82, 2.24) is 0 Å². The van der Waals surface area contributed by atoms with Gasteiger partial charge in [-0.05, 0) is 79.5 Å². The van der Waals surface area contributed by atoms with E-state index in [0.29, 0.717) is 38.5 Å². The van der Waals surface area contributed by atoms with Crippen LogP contribution in [0, 0.1) is 17.8 Å². The van der Waals surface area contributed by atoms with Crippen LogP contribution in [-0.2, 0) is 61.1 Å². The third-order valence-electron chi connectivity index (χ3n) is 11.7. The molecule has 0 bridgehead atoms. The highest BCUT2D eigenvalue weighted by atomic mass is 32.2. The molecule has 66 heavy (non-hydrogen) atoms. The molecule has 372 valence electrons. The molecule has 0 aliphatic carbocycles. The maximum absolute atomic E-state index is 13.0. The lowest BCUT2D eigenvalue weighted by Crippen LogP contribution is -2.51. The Morgan fingerprint density at radius 2 is 1.24 bits per heavy atom. The Labute approximate surface area is 403 Å². The SMILES string of the molecule is CCOP(=O)(CC(=O)O[C@H](C(C)C)[C@H](C)/C=C/[C@@H]1C[C@H](C[C@H]2C[C@H](C[C@H]3C[C@@H](C[C@H](OC4Sc5ccccc5S4)[C@H](C)/C=C/C=C/C=O)OC(C)(C)O3)OC(C)(C)O2)OC(C)(C)O1)OCC. The first-order valence-corrected chi connectivity index (χ1v) is 27.3. The highest BCUT2D eigenvalue weighted by Crippen LogP contribution is 2.50. The Bertz CT molecular complexity index is 1820. The van der Waals surface area contributed by atoms with E-state index in [1.165, 1.54) is 15.9 Å². The zero-order valence-electron chi connectivity index (χ0n) is 41.2. The van der Waals surface area contributed by atoms with Crippen molar-refractivity contribution in [3.8, 4) is 0 Å². The Morgan fingerprint density at radius 1 is 0.727 bits per heavy atom. The normalized spacial score (nSPS) is 28.7. The van der Waals surface area contributed by atoms with Crippen LogP contribution in [-0.4, -0.2) is 103 Å². The summed E-state index contributed by atoms with van der Waals surface area (Å²) >= 11 is 3.47. The molecule has 5 rings (SSSR count).